The van der Waals surface area contributed by atoms with Crippen molar-refractivity contribution in [2.75, 3.05) is 7.11 Å². The fourth-order valence-electron chi connectivity index (χ4n) is 0.955. The van der Waals surface area contributed by atoms with Crippen LogP contribution in [0.3, 0.4) is 0 Å². The van der Waals surface area contributed by atoms with Crippen LogP contribution in [-0.2, 0) is 4.74 Å². The Morgan fingerprint density at radius 2 is 2.15 bits per heavy atom. The largest absolute Gasteiger partial charge is 1.00 e. The second-order valence-corrected chi connectivity index (χ2v) is 2.92. The normalized spacial score (nSPS) is 8.85. The first-order valence-electron chi connectivity index (χ1n) is 3.53. The van der Waals surface area contributed by atoms with Crippen molar-refractivity contribution in [1.29, 1.82) is 0 Å². The molecule has 66 valence electrons. The molecule has 0 heterocycles. The van der Waals surface area contributed by atoms with E-state index in [-0.39, 0.29) is 37.0 Å². The van der Waals surface area contributed by atoms with E-state index in [2.05, 4.69) is 17.4 Å². The summed E-state index contributed by atoms with van der Waals surface area (Å²) in [5.74, 6) is -0.316. The van der Waals surface area contributed by atoms with Crippen molar-refractivity contribution in [3.05, 3.63) is 29.3 Å². The van der Waals surface area contributed by atoms with E-state index in [4.69, 9.17) is 0 Å². The van der Waals surface area contributed by atoms with Crippen molar-refractivity contribution >= 4 is 18.6 Å². The molecule has 13 heavy (non-hydrogen) atoms. The van der Waals surface area contributed by atoms with Gasteiger partial charge in [-0.2, -0.15) is 0 Å². The predicted molar refractivity (Wildman–Crippen MR) is 50.9 cm³/mol. The Morgan fingerprint density at radius 3 is 2.69 bits per heavy atom. The summed E-state index contributed by atoms with van der Waals surface area (Å²) in [6.07, 6.45) is 0. The van der Waals surface area contributed by atoms with Crippen molar-refractivity contribution in [3.63, 3.8) is 0 Å². The summed E-state index contributed by atoms with van der Waals surface area (Å²) < 4.78 is 4.60. The second kappa shape index (κ2) is 5.70. The molecule has 0 aromatic heterocycles. The first-order valence-corrected chi connectivity index (χ1v) is 3.98. The number of carbonyl (C=O) groups excluding carboxylic acids is 1. The maximum absolute atomic E-state index is 11.1. The van der Waals surface area contributed by atoms with Crippen LogP contribution in [0.2, 0.25) is 0 Å². The predicted octanol–water partition coefficient (Wildman–Crippen LogP) is -0.813. The van der Waals surface area contributed by atoms with Gasteiger partial charge in [-0.05, 0) is 24.6 Å². The van der Waals surface area contributed by atoms with Crippen molar-refractivity contribution in [2.24, 2.45) is 0 Å². The third kappa shape index (κ3) is 3.02. The first-order chi connectivity index (χ1) is 5.66. The minimum Gasteiger partial charge on any atom is -1.00 e. The standard InChI is InChI=1S/C9H10O2S.Na.H/c1-6-7(9(10)11-2)4-3-5-8(6)12;;/h3-5,12H,1-2H3;;/q;+1;-1. The quantitative estimate of drug-likeness (QED) is 0.369. The van der Waals surface area contributed by atoms with Gasteiger partial charge in [-0.3, -0.25) is 0 Å². The third-order valence-electron chi connectivity index (χ3n) is 1.71. The van der Waals surface area contributed by atoms with E-state index in [1.165, 1.54) is 7.11 Å². The van der Waals surface area contributed by atoms with Crippen molar-refractivity contribution in [2.45, 2.75) is 11.8 Å². The first kappa shape index (κ1) is 13.0. The molecule has 0 aliphatic rings. The number of hydrogen-bond donors (Lipinski definition) is 1. The number of thiol groups is 1. The van der Waals surface area contributed by atoms with Crippen LogP contribution in [0.4, 0.5) is 0 Å². The molecular weight excluding hydrogens is 195 g/mol. The summed E-state index contributed by atoms with van der Waals surface area (Å²) in [5.41, 5.74) is 1.43. The molecule has 0 fully saturated rings. The van der Waals surface area contributed by atoms with E-state index in [0.717, 1.165) is 10.5 Å². The summed E-state index contributed by atoms with van der Waals surface area (Å²) in [5, 5.41) is 0. The average Bonchev–Trinajstić information content (AvgIpc) is 2.08. The van der Waals surface area contributed by atoms with Crippen LogP contribution in [0.25, 0.3) is 0 Å². The summed E-state index contributed by atoms with van der Waals surface area (Å²) in [4.78, 5) is 11.9. The smallest absolute Gasteiger partial charge is 1.00 e. The van der Waals surface area contributed by atoms with Crippen molar-refractivity contribution in [3.8, 4) is 0 Å². The van der Waals surface area contributed by atoms with E-state index < -0.39 is 0 Å². The minimum atomic E-state index is -0.316. The molecule has 0 aliphatic heterocycles. The average molecular weight is 206 g/mol. The monoisotopic (exact) mass is 206 g/mol. The molecule has 0 spiro atoms. The Morgan fingerprint density at radius 1 is 1.54 bits per heavy atom. The van der Waals surface area contributed by atoms with Gasteiger partial charge in [0.1, 0.15) is 0 Å². The number of benzene rings is 1. The van der Waals surface area contributed by atoms with E-state index in [1.54, 1.807) is 12.1 Å². The number of esters is 1. The molecule has 1 aromatic rings. The zero-order valence-electron chi connectivity index (χ0n) is 9.00. The fraction of sp³-hybridized carbons (Fsp3) is 0.222. The molecule has 4 heteroatoms. The number of carbonyl (C=O) groups is 1. The number of methoxy groups -OCH3 is 1. The molecule has 0 atom stereocenters. The van der Waals surface area contributed by atoms with E-state index >= 15 is 0 Å². The van der Waals surface area contributed by atoms with Gasteiger partial charge in [-0.1, -0.05) is 6.07 Å². The molecule has 0 saturated carbocycles. The van der Waals surface area contributed by atoms with Crippen LogP contribution < -0.4 is 29.6 Å². The molecule has 2 nitrogen and oxygen atoms in total. The second-order valence-electron chi connectivity index (χ2n) is 2.44. The van der Waals surface area contributed by atoms with Gasteiger partial charge < -0.3 is 6.16 Å². The SMILES string of the molecule is COC(=O)c1cccc(S)c1C.[H-].[Na+]. The van der Waals surface area contributed by atoms with Crippen LogP contribution >= 0.6 is 12.6 Å². The maximum atomic E-state index is 11.1. The van der Waals surface area contributed by atoms with Crippen molar-refractivity contribution < 1.29 is 40.5 Å². The zero-order valence-corrected chi connectivity index (χ0v) is 10.9. The van der Waals surface area contributed by atoms with E-state index in [1.807, 2.05) is 13.0 Å². The molecule has 0 saturated heterocycles. The van der Waals surface area contributed by atoms with Gasteiger partial charge in [0.25, 0.3) is 0 Å². The zero-order chi connectivity index (χ0) is 9.14. The molecule has 1 aromatic carbocycles. The Bertz CT molecular complexity index is 318. The van der Waals surface area contributed by atoms with Crippen LogP contribution in [0, 0.1) is 6.92 Å². The van der Waals surface area contributed by atoms with Gasteiger partial charge in [0, 0.05) is 4.90 Å². The molecule has 0 aliphatic carbocycles. The third-order valence-corrected chi connectivity index (χ3v) is 2.19. The minimum absolute atomic E-state index is 0. The molecule has 0 N–H and O–H groups in total. The van der Waals surface area contributed by atoms with Gasteiger partial charge in [-0.25, -0.2) is 4.79 Å². The molecular formula is C9H11NaO2S. The molecule has 0 unspecified atom stereocenters. The molecule has 0 amide bonds. The summed E-state index contributed by atoms with van der Waals surface area (Å²) >= 11 is 4.19. The number of rotatable bonds is 1. The van der Waals surface area contributed by atoms with Gasteiger partial charge in [0.2, 0.25) is 0 Å². The van der Waals surface area contributed by atoms with Crippen LogP contribution in [0.15, 0.2) is 23.1 Å². The number of ether oxygens (including phenoxy) is 1. The van der Waals surface area contributed by atoms with Crippen LogP contribution in [0.1, 0.15) is 17.3 Å². The van der Waals surface area contributed by atoms with Crippen LogP contribution in [-0.4, -0.2) is 13.1 Å². The van der Waals surface area contributed by atoms with Gasteiger partial charge >= 0.3 is 35.5 Å². The van der Waals surface area contributed by atoms with E-state index in [9.17, 15) is 4.79 Å². The van der Waals surface area contributed by atoms with Gasteiger partial charge in [0.05, 0.1) is 12.7 Å². The molecule has 1 rings (SSSR count). The van der Waals surface area contributed by atoms with Gasteiger partial charge in [-0.15, -0.1) is 12.6 Å². The fourth-order valence-corrected chi connectivity index (χ4v) is 1.16. The summed E-state index contributed by atoms with van der Waals surface area (Å²) in [7, 11) is 1.37. The Kier molecular flexibility index (Phi) is 5.72. The van der Waals surface area contributed by atoms with E-state index in [0.29, 0.717) is 5.56 Å². The summed E-state index contributed by atoms with van der Waals surface area (Å²) in [6.45, 7) is 1.84. The Hall–Kier alpha value is 0.0400. The summed E-state index contributed by atoms with van der Waals surface area (Å²) in [6, 6.07) is 5.34. The number of hydrogen-bond acceptors (Lipinski definition) is 3. The van der Waals surface area contributed by atoms with Crippen molar-refractivity contribution in [1.82, 2.24) is 0 Å². The Labute approximate surface area is 107 Å². The maximum Gasteiger partial charge on any atom is 1.00 e. The molecule has 0 bridgehead atoms. The van der Waals surface area contributed by atoms with Gasteiger partial charge in [0.15, 0.2) is 0 Å². The Balaban J connectivity index is 0. The topological polar surface area (TPSA) is 26.3 Å². The van der Waals surface area contributed by atoms with Crippen LogP contribution in [0.5, 0.6) is 0 Å². The molecule has 0 radical (unpaired) electrons.